The molecule has 0 aromatic carbocycles. The van der Waals surface area contributed by atoms with Crippen LogP contribution < -0.4 is 10.5 Å². The summed E-state index contributed by atoms with van der Waals surface area (Å²) in [6.07, 6.45) is 0.672. The molecule has 0 rings (SSSR count). The predicted octanol–water partition coefficient (Wildman–Crippen LogP) is -0.728. The smallest absolute Gasteiger partial charge is 0.321 e. The van der Waals surface area contributed by atoms with Crippen molar-refractivity contribution in [3.63, 3.8) is 0 Å². The van der Waals surface area contributed by atoms with Gasteiger partial charge in [0.25, 0.3) is 0 Å². The summed E-state index contributed by atoms with van der Waals surface area (Å²) in [7, 11) is -0.563. The van der Waals surface area contributed by atoms with E-state index in [9.17, 15) is 13.8 Å². The van der Waals surface area contributed by atoms with Crippen LogP contribution in [0, 0.1) is 0 Å². The second-order valence-corrected chi connectivity index (χ2v) is 3.39. The first-order chi connectivity index (χ1) is 6.07. The van der Waals surface area contributed by atoms with Crippen LogP contribution in [0.3, 0.4) is 0 Å². The van der Waals surface area contributed by atoms with Crippen LogP contribution in [0.4, 0.5) is 4.79 Å². The molecule has 1 amide bonds. The highest BCUT2D eigenvalue weighted by Gasteiger charge is 2.05. The summed E-state index contributed by atoms with van der Waals surface area (Å²) in [5.41, 5.74) is 4.71. The summed E-state index contributed by atoms with van der Waals surface area (Å²) >= 11 is 0. The van der Waals surface area contributed by atoms with Crippen molar-refractivity contribution < 1.29 is 18.5 Å². The van der Waals surface area contributed by atoms with Gasteiger partial charge in [-0.05, 0) is 6.42 Å². The van der Waals surface area contributed by atoms with Gasteiger partial charge in [-0.25, -0.2) is 8.93 Å². The minimum Gasteiger partial charge on any atom is -0.469 e. The van der Waals surface area contributed by atoms with Crippen molar-refractivity contribution in [1.29, 1.82) is 0 Å². The van der Waals surface area contributed by atoms with Crippen LogP contribution in [0.25, 0.3) is 0 Å². The zero-order valence-electron chi connectivity index (χ0n) is 7.24. The van der Waals surface area contributed by atoms with Gasteiger partial charge in [0, 0.05) is 13.0 Å². The van der Waals surface area contributed by atoms with Gasteiger partial charge in [0.2, 0.25) is 0 Å². The Balaban J connectivity index is 3.41. The Hall–Kier alpha value is -0.950. The molecule has 0 aliphatic carbocycles. The van der Waals surface area contributed by atoms with Crippen LogP contribution in [0.2, 0.25) is 0 Å². The number of nitrogens with two attached hydrogens (primary N) is 1. The highest BCUT2D eigenvalue weighted by molar-refractivity contribution is 7.98. The van der Waals surface area contributed by atoms with Gasteiger partial charge >= 0.3 is 11.2 Å². The number of amides is 1. The number of rotatable bonds is 5. The first kappa shape index (κ1) is 12.0. The van der Waals surface area contributed by atoms with Crippen LogP contribution in [0.15, 0.2) is 0 Å². The van der Waals surface area contributed by atoms with Crippen molar-refractivity contribution in [2.45, 2.75) is 12.8 Å². The summed E-state index contributed by atoms with van der Waals surface area (Å²) in [6, 6.07) is 0. The van der Waals surface area contributed by atoms with E-state index in [0.717, 1.165) is 0 Å². The summed E-state index contributed by atoms with van der Waals surface area (Å²) in [5.74, 6) is -0.341. The Kier molecular flexibility index (Phi) is 6.07. The molecule has 76 valence electrons. The Morgan fingerprint density at radius 1 is 1.54 bits per heavy atom. The molecular formula is C6H12N2O4S. The fourth-order valence-electron chi connectivity index (χ4n) is 0.571. The van der Waals surface area contributed by atoms with E-state index in [2.05, 4.69) is 9.46 Å². The standard InChI is InChI=1S/C6H12N2O4S/c1-12-5(9)3-2-4-8-13(11)6(7)10/h8H,2-4H2,1H3,(H2,7,10). The number of carbonyl (C=O) groups is 2. The minimum absolute atomic E-state index is 0.222. The zero-order valence-corrected chi connectivity index (χ0v) is 8.06. The maximum Gasteiger partial charge on any atom is 0.321 e. The monoisotopic (exact) mass is 208 g/mol. The summed E-state index contributed by atoms with van der Waals surface area (Å²) < 4.78 is 17.4. The van der Waals surface area contributed by atoms with E-state index in [-0.39, 0.29) is 18.9 Å². The SMILES string of the molecule is COC(=O)CCCNS(=O)C(N)=O. The molecule has 0 spiro atoms. The van der Waals surface area contributed by atoms with E-state index >= 15 is 0 Å². The van der Waals surface area contributed by atoms with Gasteiger partial charge < -0.3 is 10.5 Å². The number of primary amides is 1. The number of hydrogen-bond donors (Lipinski definition) is 2. The van der Waals surface area contributed by atoms with Crippen LogP contribution in [0.1, 0.15) is 12.8 Å². The number of nitrogens with one attached hydrogen (secondary N) is 1. The van der Waals surface area contributed by atoms with E-state index in [0.29, 0.717) is 6.42 Å². The van der Waals surface area contributed by atoms with Crippen molar-refractivity contribution >= 4 is 22.2 Å². The Labute approximate surface area is 78.4 Å². The number of carbonyl (C=O) groups excluding carboxylic acids is 2. The van der Waals surface area contributed by atoms with Gasteiger partial charge in [-0.1, -0.05) is 0 Å². The molecule has 0 aliphatic rings. The summed E-state index contributed by atoms with van der Waals surface area (Å²) in [6.45, 7) is 0.282. The Morgan fingerprint density at radius 2 is 2.15 bits per heavy atom. The molecule has 1 atom stereocenters. The van der Waals surface area contributed by atoms with Gasteiger partial charge in [0.05, 0.1) is 7.11 Å². The lowest BCUT2D eigenvalue weighted by Crippen LogP contribution is -2.29. The number of methoxy groups -OCH3 is 1. The average Bonchev–Trinajstić information content (AvgIpc) is 2.11. The van der Waals surface area contributed by atoms with Crippen molar-refractivity contribution in [2.24, 2.45) is 5.73 Å². The zero-order chi connectivity index (χ0) is 10.3. The number of esters is 1. The van der Waals surface area contributed by atoms with E-state index in [4.69, 9.17) is 5.73 Å². The van der Waals surface area contributed by atoms with E-state index in [1.807, 2.05) is 0 Å². The van der Waals surface area contributed by atoms with Crippen LogP contribution in [0.5, 0.6) is 0 Å². The molecule has 0 saturated heterocycles. The average molecular weight is 208 g/mol. The molecule has 0 fully saturated rings. The number of hydrogen-bond acceptors (Lipinski definition) is 4. The van der Waals surface area contributed by atoms with Gasteiger partial charge in [-0.15, -0.1) is 0 Å². The quantitative estimate of drug-likeness (QED) is 0.459. The van der Waals surface area contributed by atoms with Crippen molar-refractivity contribution in [3.8, 4) is 0 Å². The first-order valence-corrected chi connectivity index (χ1v) is 4.74. The third-order valence-electron chi connectivity index (χ3n) is 1.20. The molecule has 0 aromatic rings. The molecular weight excluding hydrogens is 196 g/mol. The molecule has 0 aliphatic heterocycles. The summed E-state index contributed by atoms with van der Waals surface area (Å²) in [4.78, 5) is 20.8. The maximum atomic E-state index is 10.7. The Morgan fingerprint density at radius 3 is 2.62 bits per heavy atom. The van der Waals surface area contributed by atoms with E-state index < -0.39 is 16.2 Å². The molecule has 0 aromatic heterocycles. The lowest BCUT2D eigenvalue weighted by Gasteiger charge is -2.00. The van der Waals surface area contributed by atoms with Crippen molar-refractivity contribution in [2.75, 3.05) is 13.7 Å². The van der Waals surface area contributed by atoms with Crippen LogP contribution >= 0.6 is 0 Å². The van der Waals surface area contributed by atoms with Crippen molar-refractivity contribution in [1.82, 2.24) is 4.72 Å². The first-order valence-electron chi connectivity index (χ1n) is 3.59. The second kappa shape index (κ2) is 6.55. The largest absolute Gasteiger partial charge is 0.469 e. The van der Waals surface area contributed by atoms with Gasteiger partial charge in [0.1, 0.15) is 0 Å². The van der Waals surface area contributed by atoms with Gasteiger partial charge in [0.15, 0.2) is 11.0 Å². The topological polar surface area (TPSA) is 98.5 Å². The molecule has 7 heteroatoms. The lowest BCUT2D eigenvalue weighted by atomic mass is 10.3. The Bertz CT molecular complexity index is 219. The van der Waals surface area contributed by atoms with Crippen molar-refractivity contribution in [3.05, 3.63) is 0 Å². The van der Waals surface area contributed by atoms with E-state index in [1.165, 1.54) is 7.11 Å². The highest BCUT2D eigenvalue weighted by Crippen LogP contribution is 1.90. The van der Waals surface area contributed by atoms with Crippen LogP contribution in [-0.4, -0.2) is 29.1 Å². The highest BCUT2D eigenvalue weighted by atomic mass is 32.2. The minimum atomic E-state index is -1.85. The molecule has 0 heterocycles. The summed E-state index contributed by atoms with van der Waals surface area (Å²) in [5, 5.41) is -0.918. The molecule has 0 saturated carbocycles. The normalized spacial score (nSPS) is 12.1. The molecule has 13 heavy (non-hydrogen) atoms. The van der Waals surface area contributed by atoms with Crippen LogP contribution in [-0.2, 0) is 20.5 Å². The fourth-order valence-corrected chi connectivity index (χ4v) is 1.04. The fraction of sp³-hybridized carbons (Fsp3) is 0.667. The molecule has 0 radical (unpaired) electrons. The van der Waals surface area contributed by atoms with E-state index in [1.54, 1.807) is 0 Å². The third-order valence-corrected chi connectivity index (χ3v) is 2.03. The molecule has 0 bridgehead atoms. The second-order valence-electron chi connectivity index (χ2n) is 2.16. The molecule has 1 unspecified atom stereocenters. The lowest BCUT2D eigenvalue weighted by molar-refractivity contribution is -0.140. The predicted molar refractivity (Wildman–Crippen MR) is 47.0 cm³/mol. The van der Waals surface area contributed by atoms with Gasteiger partial charge in [-0.3, -0.25) is 9.59 Å². The number of ether oxygens (including phenoxy) is 1. The molecule has 3 N–H and O–H groups in total. The third kappa shape index (κ3) is 6.23. The van der Waals surface area contributed by atoms with Gasteiger partial charge in [-0.2, -0.15) is 0 Å². The maximum absolute atomic E-state index is 10.7. The molecule has 6 nitrogen and oxygen atoms in total.